The monoisotopic (exact) mass is 837 g/mol. The van der Waals surface area contributed by atoms with Gasteiger partial charge < -0.3 is 35.9 Å². The Kier molecular flexibility index (Phi) is 12.6. The molecule has 4 aliphatic rings. The van der Waals surface area contributed by atoms with E-state index in [1.165, 1.54) is 12.1 Å². The molecule has 5 heterocycles. The average molecular weight is 838 g/mol. The Hall–Kier alpha value is -6.03. The smallest absolute Gasteiger partial charge is 0.280 e. The summed E-state index contributed by atoms with van der Waals surface area (Å²) in [5.41, 5.74) is 3.49. The van der Waals surface area contributed by atoms with Gasteiger partial charge in [-0.1, -0.05) is 20.8 Å². The number of aryl methyl sites for hydroxylation is 1. The maximum absolute atomic E-state index is 15.2. The second-order valence-electron chi connectivity index (χ2n) is 17.1. The van der Waals surface area contributed by atoms with Crippen LogP contribution >= 0.6 is 0 Å². The van der Waals surface area contributed by atoms with Crippen LogP contribution in [0.5, 0.6) is 0 Å². The number of aromatic nitrogens is 1. The molecular formula is C45H53F2N9O5. The zero-order valence-electron chi connectivity index (χ0n) is 35.2. The third-order valence-electron chi connectivity index (χ3n) is 12.0. The zero-order valence-corrected chi connectivity index (χ0v) is 35.2. The number of nitrogens with zero attached hydrogens (tertiary/aromatic N) is 4. The normalized spacial score (nSPS) is 24.1. The van der Waals surface area contributed by atoms with Crippen molar-refractivity contribution in [2.75, 3.05) is 50.1 Å². The third kappa shape index (κ3) is 9.48. The van der Waals surface area contributed by atoms with Crippen LogP contribution in [-0.4, -0.2) is 91.6 Å². The Balaban J connectivity index is 1.03. The number of anilines is 2. The van der Waals surface area contributed by atoms with Crippen LogP contribution in [0.15, 0.2) is 53.3 Å². The molecule has 0 spiro atoms. The van der Waals surface area contributed by atoms with Gasteiger partial charge in [0, 0.05) is 74.3 Å². The van der Waals surface area contributed by atoms with Gasteiger partial charge in [0.05, 0.1) is 35.2 Å². The van der Waals surface area contributed by atoms with E-state index < -0.39 is 35.3 Å². The number of benzene rings is 2. The molecule has 7 rings (SSSR count). The average Bonchev–Trinajstić information content (AvgIpc) is 3.54. The number of imide groups is 1. The molecule has 0 radical (unpaired) electrons. The lowest BCUT2D eigenvalue weighted by Gasteiger charge is -2.44. The number of halogens is 2. The number of piperidine rings is 2. The van der Waals surface area contributed by atoms with Crippen molar-refractivity contribution in [1.29, 1.82) is 5.41 Å². The number of ether oxygens (including phenoxy) is 1. The molecule has 4 aliphatic heterocycles. The highest BCUT2D eigenvalue weighted by molar-refractivity contribution is 6.20. The van der Waals surface area contributed by atoms with E-state index in [1.54, 1.807) is 32.2 Å². The molecule has 2 bridgehead atoms. The van der Waals surface area contributed by atoms with Gasteiger partial charge >= 0.3 is 0 Å². The summed E-state index contributed by atoms with van der Waals surface area (Å²) in [6.07, 6.45) is 3.84. The molecule has 322 valence electrons. The number of fused-ring (bicyclic) bond motifs is 5. The predicted molar refractivity (Wildman–Crippen MR) is 229 cm³/mol. The minimum atomic E-state index is -1.04. The van der Waals surface area contributed by atoms with Gasteiger partial charge in [-0.25, -0.2) is 8.78 Å². The number of nitrogens with one attached hydrogen (secondary N) is 5. The van der Waals surface area contributed by atoms with E-state index in [0.29, 0.717) is 91.1 Å². The summed E-state index contributed by atoms with van der Waals surface area (Å²) in [6, 6.07) is 11.1. The summed E-state index contributed by atoms with van der Waals surface area (Å²) in [7, 11) is 1.72. The molecule has 3 atom stereocenters. The van der Waals surface area contributed by atoms with Crippen molar-refractivity contribution in [1.82, 2.24) is 25.8 Å². The summed E-state index contributed by atoms with van der Waals surface area (Å²) in [5.74, 6) is -3.56. The quantitative estimate of drug-likeness (QED) is 0.140. The second-order valence-corrected chi connectivity index (χ2v) is 17.1. The number of amides is 4. The Bertz CT molecular complexity index is 2310. The maximum Gasteiger partial charge on any atom is 0.280 e. The van der Waals surface area contributed by atoms with Crippen molar-refractivity contribution >= 4 is 52.8 Å². The Morgan fingerprint density at radius 2 is 1.84 bits per heavy atom. The molecule has 14 nitrogen and oxygen atoms in total. The number of guanidine groups is 1. The SMILES string of the molecule is CN/C1=C(\C=N)c2cc(cc(C)n2)C(=O)/N=C2\Nc3ccc(C(=O)N[C@H]4CCN(CCc5cc(F)c([C@H]6CCC(=O)NC6=O)c(F)c5)CC4(C)C)cc3N2C[C@H](C)CCCO1. The molecule has 0 saturated carbocycles. The second kappa shape index (κ2) is 17.9. The van der Waals surface area contributed by atoms with Gasteiger partial charge in [0.1, 0.15) is 11.6 Å². The van der Waals surface area contributed by atoms with Crippen LogP contribution in [0.4, 0.5) is 20.2 Å². The third-order valence-corrected chi connectivity index (χ3v) is 12.0. The van der Waals surface area contributed by atoms with Crippen LogP contribution in [0, 0.1) is 35.3 Å². The first-order valence-electron chi connectivity index (χ1n) is 20.8. The summed E-state index contributed by atoms with van der Waals surface area (Å²) < 4.78 is 36.4. The number of hydrogen-bond acceptors (Lipinski definition) is 11. The lowest BCUT2D eigenvalue weighted by molar-refractivity contribution is -0.134. The first kappa shape index (κ1) is 43.1. The van der Waals surface area contributed by atoms with E-state index >= 15 is 8.78 Å². The number of carbonyl (C=O) groups is 4. The molecule has 3 aromatic rings. The Morgan fingerprint density at radius 3 is 2.54 bits per heavy atom. The summed E-state index contributed by atoms with van der Waals surface area (Å²) >= 11 is 0. The number of carbonyl (C=O) groups excluding carboxylic acids is 4. The molecule has 0 aliphatic carbocycles. The summed E-state index contributed by atoms with van der Waals surface area (Å²) in [6.45, 7) is 10.9. The molecule has 2 aromatic carbocycles. The van der Waals surface area contributed by atoms with E-state index in [4.69, 9.17) is 10.1 Å². The lowest BCUT2D eigenvalue weighted by Crippen LogP contribution is -2.55. The van der Waals surface area contributed by atoms with Crippen molar-refractivity contribution in [2.24, 2.45) is 16.3 Å². The molecule has 4 amide bonds. The van der Waals surface area contributed by atoms with Crippen LogP contribution in [0.2, 0.25) is 0 Å². The van der Waals surface area contributed by atoms with Gasteiger partial charge in [-0.3, -0.25) is 29.5 Å². The van der Waals surface area contributed by atoms with Crippen LogP contribution in [0.3, 0.4) is 0 Å². The molecule has 2 saturated heterocycles. The Labute approximate surface area is 354 Å². The van der Waals surface area contributed by atoms with Crippen molar-refractivity contribution in [3.8, 4) is 0 Å². The first-order valence-corrected chi connectivity index (χ1v) is 20.8. The van der Waals surface area contributed by atoms with Crippen molar-refractivity contribution in [3.63, 3.8) is 0 Å². The molecule has 2 fully saturated rings. The van der Waals surface area contributed by atoms with Gasteiger partial charge in [-0.05, 0) is 98.4 Å². The number of rotatable bonds is 8. The Morgan fingerprint density at radius 1 is 1.07 bits per heavy atom. The summed E-state index contributed by atoms with van der Waals surface area (Å²) in [4.78, 5) is 64.9. The fourth-order valence-electron chi connectivity index (χ4n) is 8.76. The lowest BCUT2D eigenvalue weighted by atomic mass is 9.78. The van der Waals surface area contributed by atoms with E-state index in [-0.39, 0.29) is 41.7 Å². The maximum atomic E-state index is 15.2. The number of likely N-dealkylation sites (tertiary alicyclic amines) is 1. The fourth-order valence-corrected chi connectivity index (χ4v) is 8.76. The van der Waals surface area contributed by atoms with Crippen molar-refractivity contribution < 1.29 is 32.7 Å². The van der Waals surface area contributed by atoms with Crippen LogP contribution < -0.4 is 26.2 Å². The molecule has 16 heteroatoms. The van der Waals surface area contributed by atoms with E-state index in [1.807, 2.05) is 17.0 Å². The molecule has 1 aromatic heterocycles. The highest BCUT2D eigenvalue weighted by Gasteiger charge is 2.38. The zero-order chi connectivity index (χ0) is 43.6. The predicted octanol–water partition coefficient (Wildman–Crippen LogP) is 5.67. The van der Waals surface area contributed by atoms with Crippen molar-refractivity contribution in [3.05, 3.63) is 93.6 Å². The number of pyridine rings is 1. The largest absolute Gasteiger partial charge is 0.479 e. The van der Waals surface area contributed by atoms with Gasteiger partial charge in [0.25, 0.3) is 11.8 Å². The number of hydrogen-bond donors (Lipinski definition) is 5. The highest BCUT2D eigenvalue weighted by atomic mass is 19.1. The van der Waals surface area contributed by atoms with Crippen molar-refractivity contribution in [2.45, 2.75) is 78.2 Å². The van der Waals surface area contributed by atoms with Crippen LogP contribution in [0.1, 0.15) is 102 Å². The van der Waals surface area contributed by atoms with Gasteiger partial charge in [0.15, 0.2) is 5.88 Å². The summed E-state index contributed by atoms with van der Waals surface area (Å²) in [5, 5.41) is 19.9. The van der Waals surface area contributed by atoms with Gasteiger partial charge in [-0.15, -0.1) is 0 Å². The first-order chi connectivity index (χ1) is 29.1. The van der Waals surface area contributed by atoms with Crippen LogP contribution in [0.25, 0.3) is 5.57 Å². The standard InChI is InChI=1S/C45H53F2N9O5/c1-25-7-6-16-61-43(49-5)31(22-48)35-20-29(17-26(2)50-35)41(59)54-44-51-34-10-8-28(21-36(34)56(44)23-25)40(58)52-37-13-15-55(24-45(37,3)4)14-12-27-18-32(46)39(33(47)19-27)30-9-11-38(57)53-42(30)60/h8,10,17-22,25,30,37,48-49H,6-7,9,11-16,23-24H2,1-5H3,(H,52,58)(H,51,54,59)(H,53,57,60)/b43-31-,48-22?/t25-,30-,37+/m1/s1. The minimum absolute atomic E-state index is 0.0305. The number of aliphatic imine (C=N–C) groups is 1. The molecule has 5 N–H and O–H groups in total. The van der Waals surface area contributed by atoms with E-state index in [0.717, 1.165) is 30.4 Å². The molecule has 61 heavy (non-hydrogen) atoms. The number of allylic oxidation sites excluding steroid dienone is 1. The topological polar surface area (TPSA) is 181 Å². The van der Waals surface area contributed by atoms with Gasteiger partial charge in [-0.2, -0.15) is 4.99 Å². The molecular weight excluding hydrogens is 785 g/mol. The molecule has 0 unspecified atom stereocenters. The highest BCUT2D eigenvalue weighted by Crippen LogP contribution is 2.36. The fraction of sp³-hybridized carbons (Fsp3) is 0.444. The van der Waals surface area contributed by atoms with Crippen LogP contribution in [-0.2, 0) is 20.7 Å². The van der Waals surface area contributed by atoms with Gasteiger partial charge in [0.2, 0.25) is 17.8 Å². The van der Waals surface area contributed by atoms with E-state index in [9.17, 15) is 19.2 Å². The minimum Gasteiger partial charge on any atom is -0.479 e. The van der Waals surface area contributed by atoms with E-state index in [2.05, 4.69) is 56.9 Å².